The van der Waals surface area contributed by atoms with Crippen LogP contribution in [0.3, 0.4) is 0 Å². The highest BCUT2D eigenvalue weighted by Gasteiger charge is 2.47. The molecule has 1 fully saturated rings. The van der Waals surface area contributed by atoms with Gasteiger partial charge in [0.15, 0.2) is 29.3 Å². The number of aromatic nitrogens is 4. The van der Waals surface area contributed by atoms with Gasteiger partial charge in [0.2, 0.25) is 5.82 Å². The van der Waals surface area contributed by atoms with E-state index < -0.39 is 36.4 Å². The highest BCUT2D eigenvalue weighted by molar-refractivity contribution is 5.94. The van der Waals surface area contributed by atoms with Gasteiger partial charge in [-0.1, -0.05) is 60.7 Å². The van der Waals surface area contributed by atoms with Crippen LogP contribution in [0.25, 0.3) is 11.2 Å². The number of rotatable bonds is 12. The molecule has 5 rings (SSSR count). The Bertz CT molecular complexity index is 1490. The Morgan fingerprint density at radius 1 is 1.00 bits per heavy atom. The Balaban J connectivity index is 1.51. The Kier molecular flexibility index (Phi) is 9.57. The summed E-state index contributed by atoms with van der Waals surface area (Å²) >= 11 is 0. The minimum Gasteiger partial charge on any atom is -0.387 e. The van der Waals surface area contributed by atoms with Crippen LogP contribution in [0.5, 0.6) is 0 Å². The summed E-state index contributed by atoms with van der Waals surface area (Å²) in [5.41, 5.74) is 8.26. The number of carbonyl (C=O) groups is 2. The lowest BCUT2D eigenvalue weighted by Gasteiger charge is -2.20. The Morgan fingerprint density at radius 3 is 2.30 bits per heavy atom. The first kappa shape index (κ1) is 30.0. The van der Waals surface area contributed by atoms with Crippen LogP contribution in [0.15, 0.2) is 67.0 Å². The molecule has 0 unspecified atom stereocenters. The number of amides is 2. The first-order valence-electron chi connectivity index (χ1n) is 14.3. The van der Waals surface area contributed by atoms with E-state index in [0.717, 1.165) is 11.1 Å². The van der Waals surface area contributed by atoms with Crippen molar-refractivity contribution in [3.05, 3.63) is 83.9 Å². The lowest BCUT2D eigenvalue weighted by molar-refractivity contribution is -0.137. The SMILES string of the molecule is CCNC(=O)[C@H]1O[C@@H](n2cnc3c(NCC(c4ccccc4)c4ccccc4)nc(C(=O)NCCCN)nc32)[C@@H](O)[C@@H]1O. The number of imidazole rings is 1. The molecule has 1 aliphatic rings. The molecule has 4 aromatic rings. The maximum atomic E-state index is 13.1. The fourth-order valence-electron chi connectivity index (χ4n) is 5.09. The molecule has 3 heterocycles. The zero-order valence-electron chi connectivity index (χ0n) is 23.8. The maximum Gasteiger partial charge on any atom is 0.289 e. The van der Waals surface area contributed by atoms with Crippen LogP contribution in [0.4, 0.5) is 5.82 Å². The number of nitrogens with zero attached hydrogens (tertiary/aromatic N) is 4. The second kappa shape index (κ2) is 13.7. The molecule has 0 aliphatic carbocycles. The predicted octanol–water partition coefficient (Wildman–Crippen LogP) is 0.904. The molecular formula is C30H36N8O5. The highest BCUT2D eigenvalue weighted by Crippen LogP contribution is 2.33. The zero-order chi connectivity index (χ0) is 30.3. The van der Waals surface area contributed by atoms with Gasteiger partial charge in [0.05, 0.1) is 6.33 Å². The zero-order valence-corrected chi connectivity index (χ0v) is 23.8. The number of aliphatic hydroxyl groups is 2. The molecule has 13 heteroatoms. The van der Waals surface area contributed by atoms with Crippen LogP contribution < -0.4 is 21.7 Å². The number of nitrogens with one attached hydrogen (secondary N) is 3. The summed E-state index contributed by atoms with van der Waals surface area (Å²) in [5.74, 6) is -0.937. The molecular weight excluding hydrogens is 552 g/mol. The summed E-state index contributed by atoms with van der Waals surface area (Å²) in [6, 6.07) is 20.0. The van der Waals surface area contributed by atoms with E-state index in [4.69, 9.17) is 10.5 Å². The first-order valence-corrected chi connectivity index (χ1v) is 14.3. The van der Waals surface area contributed by atoms with Crippen LogP contribution in [0.1, 0.15) is 47.2 Å². The number of ether oxygens (including phenoxy) is 1. The molecule has 0 saturated carbocycles. The Hall–Kier alpha value is -4.43. The standard InChI is InChI=1S/C30H36N8O5/c1-2-32-28(41)24-22(39)23(40)30(43-24)38-17-35-21-25(36-26(37-27(21)38)29(42)33-15-9-14-31)34-16-20(18-10-5-3-6-11-18)19-12-7-4-8-13-19/h3-8,10-13,17,20,22-24,30,39-40H,2,9,14-16,31H2,1H3,(H,32,41)(H,33,42)(H,34,36,37)/t22-,23-,24-,30+/m0/s1. The fourth-order valence-corrected chi connectivity index (χ4v) is 5.09. The van der Waals surface area contributed by atoms with E-state index in [2.05, 4.69) is 55.2 Å². The number of hydrogen-bond donors (Lipinski definition) is 6. The van der Waals surface area contributed by atoms with Crippen molar-refractivity contribution < 1.29 is 24.5 Å². The van der Waals surface area contributed by atoms with E-state index in [0.29, 0.717) is 43.9 Å². The third-order valence-electron chi connectivity index (χ3n) is 7.29. The van der Waals surface area contributed by atoms with E-state index in [-0.39, 0.29) is 17.4 Å². The molecule has 2 aromatic heterocycles. The second-order valence-electron chi connectivity index (χ2n) is 10.2. The van der Waals surface area contributed by atoms with Gasteiger partial charge < -0.3 is 36.6 Å². The quantitative estimate of drug-likeness (QED) is 0.130. The van der Waals surface area contributed by atoms with Gasteiger partial charge in [-0.2, -0.15) is 0 Å². The monoisotopic (exact) mass is 588 g/mol. The third-order valence-corrected chi connectivity index (χ3v) is 7.29. The van der Waals surface area contributed by atoms with Crippen molar-refractivity contribution in [3.63, 3.8) is 0 Å². The van der Waals surface area contributed by atoms with Crippen molar-refractivity contribution in [1.29, 1.82) is 0 Å². The molecule has 226 valence electrons. The van der Waals surface area contributed by atoms with E-state index >= 15 is 0 Å². The van der Waals surface area contributed by atoms with Gasteiger partial charge in [0.1, 0.15) is 12.2 Å². The Labute approximate surface area is 248 Å². The molecule has 1 saturated heterocycles. The largest absolute Gasteiger partial charge is 0.387 e. The molecule has 1 aliphatic heterocycles. The number of nitrogens with two attached hydrogens (primary N) is 1. The number of likely N-dealkylation sites (N-methyl/N-ethyl adjacent to an activating group) is 1. The van der Waals surface area contributed by atoms with Crippen LogP contribution in [-0.2, 0) is 9.53 Å². The van der Waals surface area contributed by atoms with Crippen molar-refractivity contribution in [2.24, 2.45) is 5.73 Å². The lowest BCUT2D eigenvalue weighted by Crippen LogP contribution is -2.42. The lowest BCUT2D eigenvalue weighted by atomic mass is 9.91. The molecule has 0 bridgehead atoms. The van der Waals surface area contributed by atoms with Crippen LogP contribution in [0.2, 0.25) is 0 Å². The fraction of sp³-hybridized carbons (Fsp3) is 0.367. The summed E-state index contributed by atoms with van der Waals surface area (Å²) in [7, 11) is 0. The number of fused-ring (bicyclic) bond motifs is 1. The average Bonchev–Trinajstić information content (AvgIpc) is 3.58. The summed E-state index contributed by atoms with van der Waals surface area (Å²) in [6.07, 6.45) is -3.47. The number of hydrogen-bond acceptors (Lipinski definition) is 10. The van der Waals surface area contributed by atoms with Crippen molar-refractivity contribution in [3.8, 4) is 0 Å². The third kappa shape index (κ3) is 6.49. The molecule has 0 radical (unpaired) electrons. The van der Waals surface area contributed by atoms with Crippen molar-refractivity contribution in [1.82, 2.24) is 30.2 Å². The normalized spacial score (nSPS) is 19.9. The van der Waals surface area contributed by atoms with E-state index in [1.54, 1.807) is 6.92 Å². The molecule has 7 N–H and O–H groups in total. The van der Waals surface area contributed by atoms with Crippen molar-refractivity contribution in [2.45, 2.75) is 43.8 Å². The maximum absolute atomic E-state index is 13.1. The van der Waals surface area contributed by atoms with Gasteiger partial charge in [-0.05, 0) is 31.0 Å². The minimum atomic E-state index is -1.48. The molecule has 4 atom stereocenters. The van der Waals surface area contributed by atoms with Gasteiger partial charge in [-0.25, -0.2) is 15.0 Å². The number of anilines is 1. The molecule has 2 amide bonds. The van der Waals surface area contributed by atoms with Gasteiger partial charge in [0, 0.05) is 25.6 Å². The van der Waals surface area contributed by atoms with Crippen LogP contribution in [0, 0.1) is 0 Å². The topological polar surface area (TPSA) is 190 Å². The highest BCUT2D eigenvalue weighted by atomic mass is 16.6. The smallest absolute Gasteiger partial charge is 0.289 e. The number of aliphatic hydroxyl groups excluding tert-OH is 2. The minimum absolute atomic E-state index is 0.0516. The second-order valence-corrected chi connectivity index (χ2v) is 10.2. The van der Waals surface area contributed by atoms with Gasteiger partial charge >= 0.3 is 0 Å². The van der Waals surface area contributed by atoms with Crippen LogP contribution in [-0.4, -0.2) is 86.0 Å². The van der Waals surface area contributed by atoms with E-state index in [1.165, 1.54) is 10.9 Å². The summed E-state index contributed by atoms with van der Waals surface area (Å²) in [5, 5.41) is 30.2. The summed E-state index contributed by atoms with van der Waals surface area (Å²) in [6.45, 7) is 3.24. The number of carbonyl (C=O) groups excluding carboxylic acids is 2. The Morgan fingerprint density at radius 2 is 1.67 bits per heavy atom. The average molecular weight is 589 g/mol. The van der Waals surface area contributed by atoms with Crippen LogP contribution >= 0.6 is 0 Å². The van der Waals surface area contributed by atoms with E-state index in [1.807, 2.05) is 36.4 Å². The molecule has 2 aromatic carbocycles. The number of benzene rings is 2. The molecule has 43 heavy (non-hydrogen) atoms. The molecule has 13 nitrogen and oxygen atoms in total. The first-order chi connectivity index (χ1) is 20.9. The van der Waals surface area contributed by atoms with Crippen molar-refractivity contribution >= 4 is 28.8 Å². The summed E-state index contributed by atoms with van der Waals surface area (Å²) < 4.78 is 7.20. The predicted molar refractivity (Wildman–Crippen MR) is 159 cm³/mol. The van der Waals surface area contributed by atoms with Gasteiger partial charge in [-0.3, -0.25) is 14.2 Å². The van der Waals surface area contributed by atoms with E-state index in [9.17, 15) is 19.8 Å². The van der Waals surface area contributed by atoms with Crippen molar-refractivity contribution in [2.75, 3.05) is 31.5 Å². The summed E-state index contributed by atoms with van der Waals surface area (Å²) in [4.78, 5) is 39.0. The van der Waals surface area contributed by atoms with Gasteiger partial charge in [-0.15, -0.1) is 0 Å². The van der Waals surface area contributed by atoms with Gasteiger partial charge in [0.25, 0.3) is 11.8 Å². The molecule has 0 spiro atoms.